The minimum atomic E-state index is 0.189. The maximum atomic E-state index is 9.66. The number of nitrogens with zero attached hydrogens (tertiary/aromatic N) is 2. The highest BCUT2D eigenvalue weighted by Crippen LogP contribution is 2.28. The van der Waals surface area contributed by atoms with Gasteiger partial charge in [0.25, 0.3) is 0 Å². The summed E-state index contributed by atoms with van der Waals surface area (Å²) in [4.78, 5) is 2.30. The number of piperidine rings is 1. The Balaban J connectivity index is 1.83. The van der Waals surface area contributed by atoms with Gasteiger partial charge in [0, 0.05) is 29.9 Å². The largest absolute Gasteiger partial charge is 0.399 e. The van der Waals surface area contributed by atoms with Gasteiger partial charge < -0.3 is 15.7 Å². The molecule has 2 aromatic rings. The van der Waals surface area contributed by atoms with Gasteiger partial charge in [-0.15, -0.1) is 0 Å². The highest BCUT2D eigenvalue weighted by molar-refractivity contribution is 5.54. The molecule has 0 bridgehead atoms. The third kappa shape index (κ3) is 3.00. The van der Waals surface area contributed by atoms with E-state index >= 15 is 0 Å². The first-order chi connectivity index (χ1) is 10.3. The zero-order valence-electron chi connectivity index (χ0n) is 12.1. The smallest absolute Gasteiger partial charge is 0.175 e. The number of pyridine rings is 1. The van der Waals surface area contributed by atoms with Crippen LogP contribution in [-0.4, -0.2) is 24.3 Å². The van der Waals surface area contributed by atoms with E-state index in [0.717, 1.165) is 30.8 Å². The topological polar surface area (TPSA) is 53.4 Å². The van der Waals surface area contributed by atoms with Gasteiger partial charge in [-0.2, -0.15) is 0 Å². The summed E-state index contributed by atoms with van der Waals surface area (Å²) in [5, 5.41) is 9.66. The predicted octanol–water partition coefficient (Wildman–Crippen LogP) is 1.76. The summed E-state index contributed by atoms with van der Waals surface area (Å²) in [6, 6.07) is 14.7. The van der Waals surface area contributed by atoms with Crippen LogP contribution in [0.2, 0.25) is 0 Å². The number of rotatable bonds is 3. The van der Waals surface area contributed by atoms with Crippen molar-refractivity contribution >= 4 is 11.4 Å². The van der Waals surface area contributed by atoms with Crippen LogP contribution >= 0.6 is 0 Å². The molecule has 4 nitrogen and oxygen atoms in total. The third-order valence-electron chi connectivity index (χ3n) is 4.28. The van der Waals surface area contributed by atoms with E-state index in [9.17, 15) is 5.11 Å². The Labute approximate surface area is 125 Å². The van der Waals surface area contributed by atoms with Crippen LogP contribution in [0.4, 0.5) is 11.4 Å². The van der Waals surface area contributed by atoms with Crippen molar-refractivity contribution in [1.29, 1.82) is 0 Å². The van der Waals surface area contributed by atoms with Crippen LogP contribution in [0.3, 0.4) is 0 Å². The van der Waals surface area contributed by atoms with Gasteiger partial charge in [0.2, 0.25) is 0 Å². The van der Waals surface area contributed by atoms with E-state index in [2.05, 4.69) is 34.0 Å². The Morgan fingerprint density at radius 2 is 1.81 bits per heavy atom. The number of aliphatic hydroxyl groups is 1. The summed E-state index contributed by atoms with van der Waals surface area (Å²) in [5.74, 6) is 0. The molecule has 1 aliphatic heterocycles. The molecule has 0 saturated carbocycles. The summed E-state index contributed by atoms with van der Waals surface area (Å²) in [6.07, 6.45) is 6.31. The fourth-order valence-corrected chi connectivity index (χ4v) is 3.08. The average Bonchev–Trinajstić information content (AvgIpc) is 2.56. The molecule has 1 saturated heterocycles. The van der Waals surface area contributed by atoms with E-state index in [4.69, 9.17) is 5.73 Å². The third-order valence-corrected chi connectivity index (χ3v) is 4.28. The molecule has 110 valence electrons. The Morgan fingerprint density at radius 1 is 1.10 bits per heavy atom. The van der Waals surface area contributed by atoms with Crippen molar-refractivity contribution in [2.45, 2.75) is 24.9 Å². The molecule has 1 aromatic carbocycles. The summed E-state index contributed by atoms with van der Waals surface area (Å²) in [6.45, 7) is 1.10. The van der Waals surface area contributed by atoms with E-state index in [1.807, 2.05) is 30.3 Å². The fraction of sp³-hybridized carbons (Fsp3) is 0.353. The number of aromatic nitrogens is 1. The van der Waals surface area contributed by atoms with Gasteiger partial charge >= 0.3 is 0 Å². The van der Waals surface area contributed by atoms with Crippen molar-refractivity contribution in [3.63, 3.8) is 0 Å². The quantitative estimate of drug-likeness (QED) is 0.667. The molecule has 1 aromatic heterocycles. The molecule has 2 heterocycles. The lowest BCUT2D eigenvalue weighted by Gasteiger charge is -2.38. The first-order valence-corrected chi connectivity index (χ1v) is 7.47. The highest BCUT2D eigenvalue weighted by atomic mass is 16.3. The standard InChI is InChI=1S/C17H22N3O/c18-14-4-6-15(7-5-14)20-12-16(8-9-17(20)13-21)19-10-2-1-3-11-19/h1-7,10-11,16-17,21H,8-9,12-13,18H2/q+1. The number of hydrogen-bond donors (Lipinski definition) is 2. The van der Waals surface area contributed by atoms with Gasteiger partial charge in [0.05, 0.1) is 19.2 Å². The molecule has 1 fully saturated rings. The number of hydrogen-bond acceptors (Lipinski definition) is 3. The maximum Gasteiger partial charge on any atom is 0.175 e. The van der Waals surface area contributed by atoms with Gasteiger partial charge in [-0.1, -0.05) is 6.07 Å². The first-order valence-electron chi connectivity index (χ1n) is 7.47. The van der Waals surface area contributed by atoms with Crippen LogP contribution < -0.4 is 15.2 Å². The zero-order valence-corrected chi connectivity index (χ0v) is 12.1. The minimum absolute atomic E-state index is 0.189. The van der Waals surface area contributed by atoms with Crippen molar-refractivity contribution in [3.05, 3.63) is 54.9 Å². The number of nitrogen functional groups attached to an aromatic ring is 1. The van der Waals surface area contributed by atoms with E-state index in [-0.39, 0.29) is 12.6 Å². The summed E-state index contributed by atoms with van der Waals surface area (Å²) < 4.78 is 2.26. The molecule has 0 aliphatic carbocycles. The van der Waals surface area contributed by atoms with E-state index in [1.54, 1.807) is 0 Å². The van der Waals surface area contributed by atoms with Crippen molar-refractivity contribution < 1.29 is 9.67 Å². The second-order valence-electron chi connectivity index (χ2n) is 5.63. The van der Waals surface area contributed by atoms with Crippen molar-refractivity contribution in [3.8, 4) is 0 Å². The number of benzene rings is 1. The first kappa shape index (κ1) is 13.9. The van der Waals surface area contributed by atoms with Crippen LogP contribution in [-0.2, 0) is 0 Å². The van der Waals surface area contributed by atoms with Crippen LogP contribution in [0.25, 0.3) is 0 Å². The molecule has 0 amide bonds. The fourth-order valence-electron chi connectivity index (χ4n) is 3.08. The summed E-state index contributed by atoms with van der Waals surface area (Å²) in [5.41, 5.74) is 7.67. The maximum absolute atomic E-state index is 9.66. The SMILES string of the molecule is Nc1ccc(N2CC([n+]3ccccc3)CCC2CO)cc1. The van der Waals surface area contributed by atoms with Gasteiger partial charge in [-0.3, -0.25) is 0 Å². The normalized spacial score (nSPS) is 22.2. The van der Waals surface area contributed by atoms with Gasteiger partial charge in [0.1, 0.15) is 0 Å². The Bertz CT molecular complexity index is 570. The minimum Gasteiger partial charge on any atom is -0.399 e. The highest BCUT2D eigenvalue weighted by Gasteiger charge is 2.32. The Hall–Kier alpha value is -2.07. The molecule has 1 aliphatic rings. The Morgan fingerprint density at radius 3 is 2.48 bits per heavy atom. The monoisotopic (exact) mass is 284 g/mol. The molecular weight excluding hydrogens is 262 g/mol. The van der Waals surface area contributed by atoms with Crippen molar-refractivity contribution in [2.75, 3.05) is 23.8 Å². The van der Waals surface area contributed by atoms with Crippen molar-refractivity contribution in [1.82, 2.24) is 0 Å². The lowest BCUT2D eigenvalue weighted by molar-refractivity contribution is -0.722. The molecule has 0 spiro atoms. The van der Waals surface area contributed by atoms with Crippen LogP contribution in [0.1, 0.15) is 18.9 Å². The predicted molar refractivity (Wildman–Crippen MR) is 84.0 cm³/mol. The lowest BCUT2D eigenvalue weighted by atomic mass is 9.97. The van der Waals surface area contributed by atoms with Crippen molar-refractivity contribution in [2.24, 2.45) is 0 Å². The number of anilines is 2. The second-order valence-corrected chi connectivity index (χ2v) is 5.63. The number of nitrogens with two attached hydrogens (primary N) is 1. The lowest BCUT2D eigenvalue weighted by Crippen LogP contribution is -2.53. The van der Waals surface area contributed by atoms with Gasteiger partial charge in [-0.25, -0.2) is 4.57 Å². The van der Waals surface area contributed by atoms with E-state index in [0.29, 0.717) is 6.04 Å². The van der Waals surface area contributed by atoms with Crippen LogP contribution in [0.5, 0.6) is 0 Å². The van der Waals surface area contributed by atoms with Crippen LogP contribution in [0.15, 0.2) is 54.9 Å². The zero-order chi connectivity index (χ0) is 14.7. The second kappa shape index (κ2) is 6.14. The Kier molecular flexibility index (Phi) is 4.06. The molecule has 0 radical (unpaired) electrons. The molecule has 21 heavy (non-hydrogen) atoms. The van der Waals surface area contributed by atoms with Crippen LogP contribution in [0, 0.1) is 0 Å². The molecular formula is C17H22N3O+. The van der Waals surface area contributed by atoms with Gasteiger partial charge in [-0.05, 0) is 30.7 Å². The van der Waals surface area contributed by atoms with Gasteiger partial charge in [0.15, 0.2) is 18.4 Å². The summed E-state index contributed by atoms with van der Waals surface area (Å²) in [7, 11) is 0. The van der Waals surface area contributed by atoms with E-state index < -0.39 is 0 Å². The molecule has 4 heteroatoms. The number of aliphatic hydroxyl groups excluding tert-OH is 1. The summed E-state index contributed by atoms with van der Waals surface area (Å²) >= 11 is 0. The molecule has 3 N–H and O–H groups in total. The van der Waals surface area contributed by atoms with E-state index in [1.165, 1.54) is 0 Å². The molecule has 2 unspecified atom stereocenters. The molecule has 2 atom stereocenters. The molecule has 3 rings (SSSR count). The average molecular weight is 284 g/mol.